The SMILES string of the molecule is C#CCCCCCCCCCCCCC=O. The summed E-state index contributed by atoms with van der Waals surface area (Å²) in [5, 5.41) is 0. The van der Waals surface area contributed by atoms with Crippen LogP contribution in [-0.4, -0.2) is 6.29 Å². The van der Waals surface area contributed by atoms with Gasteiger partial charge in [-0.1, -0.05) is 51.4 Å². The molecule has 0 rings (SSSR count). The molecule has 0 aromatic carbocycles. The van der Waals surface area contributed by atoms with Gasteiger partial charge in [-0.05, 0) is 12.8 Å². The van der Waals surface area contributed by atoms with Crippen molar-refractivity contribution in [3.8, 4) is 12.3 Å². The van der Waals surface area contributed by atoms with E-state index in [2.05, 4.69) is 5.92 Å². The summed E-state index contributed by atoms with van der Waals surface area (Å²) in [5.74, 6) is 2.68. The highest BCUT2D eigenvalue weighted by molar-refractivity contribution is 5.48. The maximum absolute atomic E-state index is 10.1. The first-order chi connectivity index (χ1) is 7.91. The van der Waals surface area contributed by atoms with Crippen LogP contribution in [0.15, 0.2) is 0 Å². The highest BCUT2D eigenvalue weighted by Gasteiger charge is 1.92. The first-order valence-corrected chi connectivity index (χ1v) is 6.79. The molecule has 0 N–H and O–H groups in total. The molecule has 0 atom stereocenters. The van der Waals surface area contributed by atoms with Gasteiger partial charge in [0.25, 0.3) is 0 Å². The normalized spacial score (nSPS) is 9.94. The number of hydrogen-bond donors (Lipinski definition) is 0. The summed E-state index contributed by atoms with van der Waals surface area (Å²) in [4.78, 5) is 10.1. The van der Waals surface area contributed by atoms with Crippen LogP contribution in [0, 0.1) is 12.3 Å². The van der Waals surface area contributed by atoms with Gasteiger partial charge in [0.1, 0.15) is 6.29 Å². The van der Waals surface area contributed by atoms with E-state index in [9.17, 15) is 4.79 Å². The van der Waals surface area contributed by atoms with Crippen molar-refractivity contribution < 1.29 is 4.79 Å². The highest BCUT2D eigenvalue weighted by Crippen LogP contribution is 2.11. The van der Waals surface area contributed by atoms with Crippen LogP contribution in [0.5, 0.6) is 0 Å². The molecule has 0 saturated carbocycles. The summed E-state index contributed by atoms with van der Waals surface area (Å²) < 4.78 is 0. The maximum atomic E-state index is 10.1. The van der Waals surface area contributed by atoms with Crippen LogP contribution < -0.4 is 0 Å². The molecule has 0 aliphatic rings. The molecule has 0 saturated heterocycles. The molecule has 0 aliphatic heterocycles. The standard InChI is InChI=1S/C15H26O/c1-2-3-4-5-6-7-8-9-10-11-12-13-14-15-16/h1,15H,3-14H2. The third-order valence-corrected chi connectivity index (χ3v) is 2.89. The zero-order chi connectivity index (χ0) is 11.9. The molecule has 0 amide bonds. The van der Waals surface area contributed by atoms with E-state index in [-0.39, 0.29) is 0 Å². The molecule has 92 valence electrons. The van der Waals surface area contributed by atoms with E-state index in [0.717, 1.165) is 25.5 Å². The Hall–Kier alpha value is -0.770. The van der Waals surface area contributed by atoms with E-state index in [1.54, 1.807) is 0 Å². The number of unbranched alkanes of at least 4 members (excludes halogenated alkanes) is 11. The molecule has 0 aliphatic carbocycles. The van der Waals surface area contributed by atoms with E-state index in [1.165, 1.54) is 57.8 Å². The van der Waals surface area contributed by atoms with Crippen molar-refractivity contribution in [2.75, 3.05) is 0 Å². The van der Waals surface area contributed by atoms with Gasteiger partial charge in [0, 0.05) is 12.8 Å². The zero-order valence-electron chi connectivity index (χ0n) is 10.5. The molecule has 1 nitrogen and oxygen atoms in total. The van der Waals surface area contributed by atoms with Crippen LogP contribution in [0.1, 0.15) is 77.0 Å². The summed E-state index contributed by atoms with van der Waals surface area (Å²) in [7, 11) is 0. The molecule has 0 radical (unpaired) electrons. The second kappa shape index (κ2) is 14.2. The van der Waals surface area contributed by atoms with Gasteiger partial charge >= 0.3 is 0 Å². The monoisotopic (exact) mass is 222 g/mol. The van der Waals surface area contributed by atoms with Crippen LogP contribution in [0.3, 0.4) is 0 Å². The van der Waals surface area contributed by atoms with Crippen molar-refractivity contribution in [3.63, 3.8) is 0 Å². The summed E-state index contributed by atoms with van der Waals surface area (Å²) in [5.41, 5.74) is 0. The Bertz CT molecular complexity index is 178. The van der Waals surface area contributed by atoms with E-state index in [4.69, 9.17) is 6.42 Å². The molecule has 0 heterocycles. The lowest BCUT2D eigenvalue weighted by Gasteiger charge is -2.01. The lowest BCUT2D eigenvalue weighted by Crippen LogP contribution is -1.82. The van der Waals surface area contributed by atoms with Gasteiger partial charge in [-0.15, -0.1) is 12.3 Å². The maximum Gasteiger partial charge on any atom is 0.119 e. The van der Waals surface area contributed by atoms with Crippen LogP contribution in [0.4, 0.5) is 0 Å². The lowest BCUT2D eigenvalue weighted by molar-refractivity contribution is -0.107. The fourth-order valence-electron chi connectivity index (χ4n) is 1.87. The van der Waals surface area contributed by atoms with Crippen LogP contribution in [0.2, 0.25) is 0 Å². The molecule has 0 bridgehead atoms. The van der Waals surface area contributed by atoms with Gasteiger partial charge in [-0.2, -0.15) is 0 Å². The number of hydrogen-bond acceptors (Lipinski definition) is 1. The molecule has 1 heteroatoms. The van der Waals surface area contributed by atoms with E-state index in [0.29, 0.717) is 0 Å². The molecule has 0 fully saturated rings. The first-order valence-electron chi connectivity index (χ1n) is 6.79. The second-order valence-corrected chi connectivity index (χ2v) is 4.44. The number of rotatable bonds is 12. The average Bonchev–Trinajstić information content (AvgIpc) is 2.31. The molecule has 0 spiro atoms. The highest BCUT2D eigenvalue weighted by atomic mass is 16.1. The third kappa shape index (κ3) is 13.2. The third-order valence-electron chi connectivity index (χ3n) is 2.89. The van der Waals surface area contributed by atoms with Gasteiger partial charge in [0.15, 0.2) is 0 Å². The lowest BCUT2D eigenvalue weighted by atomic mass is 10.1. The Kier molecular flexibility index (Phi) is 13.5. The summed E-state index contributed by atoms with van der Waals surface area (Å²) in [6, 6.07) is 0. The van der Waals surface area contributed by atoms with Gasteiger partial charge in [0.2, 0.25) is 0 Å². The number of aldehydes is 1. The zero-order valence-corrected chi connectivity index (χ0v) is 10.5. The topological polar surface area (TPSA) is 17.1 Å². The van der Waals surface area contributed by atoms with Crippen molar-refractivity contribution in [2.24, 2.45) is 0 Å². The minimum absolute atomic E-state index is 0.745. The predicted molar refractivity (Wildman–Crippen MR) is 70.3 cm³/mol. The van der Waals surface area contributed by atoms with Gasteiger partial charge in [-0.3, -0.25) is 0 Å². The Balaban J connectivity index is 2.88. The van der Waals surface area contributed by atoms with Gasteiger partial charge in [-0.25, -0.2) is 0 Å². The van der Waals surface area contributed by atoms with Crippen molar-refractivity contribution in [2.45, 2.75) is 77.0 Å². The second-order valence-electron chi connectivity index (χ2n) is 4.44. The Morgan fingerprint density at radius 2 is 1.19 bits per heavy atom. The van der Waals surface area contributed by atoms with E-state index < -0.39 is 0 Å². The largest absolute Gasteiger partial charge is 0.303 e. The Labute approximate surface area is 101 Å². The molecule has 16 heavy (non-hydrogen) atoms. The Morgan fingerprint density at radius 3 is 1.62 bits per heavy atom. The predicted octanol–water partition coefficient (Wildman–Crippen LogP) is 4.50. The summed E-state index contributed by atoms with van der Waals surface area (Å²) in [6.07, 6.45) is 20.7. The minimum Gasteiger partial charge on any atom is -0.303 e. The fraction of sp³-hybridized carbons (Fsp3) is 0.800. The summed E-state index contributed by atoms with van der Waals surface area (Å²) >= 11 is 0. The van der Waals surface area contributed by atoms with Crippen LogP contribution >= 0.6 is 0 Å². The van der Waals surface area contributed by atoms with Crippen molar-refractivity contribution in [3.05, 3.63) is 0 Å². The van der Waals surface area contributed by atoms with Gasteiger partial charge < -0.3 is 4.79 Å². The molecule has 0 aromatic rings. The van der Waals surface area contributed by atoms with Crippen LogP contribution in [-0.2, 0) is 4.79 Å². The van der Waals surface area contributed by atoms with E-state index in [1.807, 2.05) is 0 Å². The van der Waals surface area contributed by atoms with Crippen molar-refractivity contribution in [1.82, 2.24) is 0 Å². The van der Waals surface area contributed by atoms with Gasteiger partial charge in [0.05, 0.1) is 0 Å². The molecular formula is C15H26O. The summed E-state index contributed by atoms with van der Waals surface area (Å²) in [6.45, 7) is 0. The number of terminal acetylenes is 1. The molecule has 0 unspecified atom stereocenters. The minimum atomic E-state index is 0.745. The number of carbonyl (C=O) groups is 1. The smallest absolute Gasteiger partial charge is 0.119 e. The molecule has 0 aromatic heterocycles. The van der Waals surface area contributed by atoms with Crippen molar-refractivity contribution >= 4 is 6.29 Å². The molecular weight excluding hydrogens is 196 g/mol. The first kappa shape index (κ1) is 15.2. The Morgan fingerprint density at radius 1 is 0.750 bits per heavy atom. The number of carbonyl (C=O) groups excluding carboxylic acids is 1. The van der Waals surface area contributed by atoms with E-state index >= 15 is 0 Å². The van der Waals surface area contributed by atoms with Crippen molar-refractivity contribution in [1.29, 1.82) is 0 Å². The van der Waals surface area contributed by atoms with Crippen LogP contribution in [0.25, 0.3) is 0 Å². The average molecular weight is 222 g/mol. The quantitative estimate of drug-likeness (QED) is 0.270. The fourth-order valence-corrected chi connectivity index (χ4v) is 1.87.